The van der Waals surface area contributed by atoms with Crippen molar-refractivity contribution in [3.8, 4) is 0 Å². The molecular weight excluding hydrogens is 473 g/mol. The Morgan fingerprint density at radius 2 is 1.82 bits per heavy atom. The second-order valence-electron chi connectivity index (χ2n) is 8.48. The molecule has 13 heteroatoms. The van der Waals surface area contributed by atoms with Gasteiger partial charge in [0, 0.05) is 16.5 Å². The van der Waals surface area contributed by atoms with Crippen molar-refractivity contribution < 1.29 is 53.8 Å². The number of carboxylic acid groups (broad SMARTS) is 1. The number of aliphatic carboxylic acids is 1. The normalized spacial score (nSPS) is 23.2. The van der Waals surface area contributed by atoms with Crippen LogP contribution < -0.4 is 50.9 Å². The first-order valence-corrected chi connectivity index (χ1v) is 11.0. The first-order valence-electron chi connectivity index (χ1n) is 10.2. The molecule has 2 aliphatic heterocycles. The number of aromatic nitrogens is 2. The van der Waals surface area contributed by atoms with E-state index in [1.54, 1.807) is 51.1 Å². The fourth-order valence-electron chi connectivity index (χ4n) is 4.09. The fraction of sp³-hybridized carbons (Fsp3) is 0.381. The van der Waals surface area contributed by atoms with Crippen molar-refractivity contribution in [2.24, 2.45) is 0 Å². The number of carbonyl (C=O) groups is 4. The molecule has 3 amide bonds. The maximum atomic E-state index is 13.2. The monoisotopic (exact) mass is 495 g/mol. The predicted octanol–water partition coefficient (Wildman–Crippen LogP) is -3.92. The van der Waals surface area contributed by atoms with Crippen LogP contribution in [0, 0.1) is 6.92 Å². The third kappa shape index (κ3) is 4.54. The molecule has 0 aliphatic carbocycles. The van der Waals surface area contributed by atoms with Crippen LogP contribution in [-0.4, -0.2) is 60.7 Å². The summed E-state index contributed by atoms with van der Waals surface area (Å²) in [6, 6.07) is 4.47. The SMILES string of the molecule is Cc1cn(C(=O)NC(C(=O)N[C@@H]2C(=O)N3[C@@H]2SC(C)(C)[C@@H]3C(=O)[O-])c2ccccc2)[nH]c1=O.[Na+]. The van der Waals surface area contributed by atoms with E-state index in [2.05, 4.69) is 15.7 Å². The van der Waals surface area contributed by atoms with E-state index < -0.39 is 57.6 Å². The number of nitrogens with one attached hydrogen (secondary N) is 3. The van der Waals surface area contributed by atoms with Crippen LogP contribution in [0.1, 0.15) is 31.0 Å². The number of β-lactam (4-membered cyclic amide) rings is 1. The number of hydrogen-bond donors (Lipinski definition) is 3. The zero-order valence-corrected chi connectivity index (χ0v) is 21.8. The summed E-state index contributed by atoms with van der Waals surface area (Å²) in [5, 5.41) is 18.6. The van der Waals surface area contributed by atoms with E-state index in [0.29, 0.717) is 11.1 Å². The van der Waals surface area contributed by atoms with E-state index in [-0.39, 0.29) is 29.6 Å². The van der Waals surface area contributed by atoms with Gasteiger partial charge in [0.25, 0.3) is 5.56 Å². The molecule has 3 heterocycles. The molecule has 4 rings (SSSR count). The number of carbonyl (C=O) groups excluding carboxylic acids is 4. The van der Waals surface area contributed by atoms with Crippen LogP contribution in [0.4, 0.5) is 4.79 Å². The molecule has 1 aromatic heterocycles. The topological polar surface area (TPSA) is 156 Å². The van der Waals surface area contributed by atoms with Crippen molar-refractivity contribution in [2.75, 3.05) is 0 Å². The largest absolute Gasteiger partial charge is 1.00 e. The van der Waals surface area contributed by atoms with E-state index in [9.17, 15) is 29.1 Å². The molecule has 2 aliphatic rings. The van der Waals surface area contributed by atoms with Crippen molar-refractivity contribution in [3.05, 3.63) is 58.0 Å². The summed E-state index contributed by atoms with van der Waals surface area (Å²) in [5.41, 5.74) is 0.356. The van der Waals surface area contributed by atoms with Crippen LogP contribution in [0.15, 0.2) is 41.3 Å². The van der Waals surface area contributed by atoms with E-state index in [4.69, 9.17) is 0 Å². The summed E-state index contributed by atoms with van der Waals surface area (Å²) >= 11 is 1.27. The number of aromatic amines is 1. The van der Waals surface area contributed by atoms with Gasteiger partial charge in [-0.3, -0.25) is 19.5 Å². The minimum absolute atomic E-state index is 0. The van der Waals surface area contributed by atoms with Crippen LogP contribution in [0.5, 0.6) is 0 Å². The summed E-state index contributed by atoms with van der Waals surface area (Å²) in [4.78, 5) is 63.0. The van der Waals surface area contributed by atoms with Gasteiger partial charge in [-0.2, -0.15) is 0 Å². The molecule has 0 radical (unpaired) electrons. The quantitative estimate of drug-likeness (QED) is 0.283. The number of thioether (sulfide) groups is 1. The third-order valence-corrected chi connectivity index (χ3v) is 7.32. The molecule has 1 unspecified atom stereocenters. The Bertz CT molecular complexity index is 1200. The number of amides is 3. The van der Waals surface area contributed by atoms with Gasteiger partial charge < -0.3 is 25.4 Å². The van der Waals surface area contributed by atoms with E-state index >= 15 is 0 Å². The Hall–Kier alpha value is -2.54. The minimum Gasteiger partial charge on any atom is -0.548 e. The molecule has 0 bridgehead atoms. The van der Waals surface area contributed by atoms with Gasteiger partial charge in [0.2, 0.25) is 11.8 Å². The Morgan fingerprint density at radius 1 is 1.18 bits per heavy atom. The van der Waals surface area contributed by atoms with Crippen LogP contribution in [0.2, 0.25) is 0 Å². The van der Waals surface area contributed by atoms with Crippen LogP contribution in [0.25, 0.3) is 0 Å². The Morgan fingerprint density at radius 3 is 2.38 bits per heavy atom. The van der Waals surface area contributed by atoms with Crippen molar-refractivity contribution >= 4 is 35.6 Å². The maximum Gasteiger partial charge on any atom is 1.00 e. The summed E-state index contributed by atoms with van der Waals surface area (Å²) < 4.78 is 0.154. The molecule has 174 valence electrons. The molecule has 4 atom stereocenters. The van der Waals surface area contributed by atoms with Gasteiger partial charge in [0.15, 0.2) is 0 Å². The number of nitrogens with zero attached hydrogens (tertiary/aromatic N) is 2. The average molecular weight is 495 g/mol. The molecule has 11 nitrogen and oxygen atoms in total. The van der Waals surface area contributed by atoms with Gasteiger partial charge in [-0.1, -0.05) is 30.3 Å². The number of hydrogen-bond acceptors (Lipinski definition) is 7. The molecule has 0 saturated carbocycles. The summed E-state index contributed by atoms with van der Waals surface area (Å²) in [5.74, 6) is -2.52. The molecule has 1 aromatic carbocycles. The zero-order valence-electron chi connectivity index (χ0n) is 19.0. The van der Waals surface area contributed by atoms with Crippen LogP contribution >= 0.6 is 11.8 Å². The molecule has 2 aromatic rings. The number of fused-ring (bicyclic) bond motifs is 1. The van der Waals surface area contributed by atoms with Gasteiger partial charge in [0.05, 0.1) is 12.0 Å². The summed E-state index contributed by atoms with van der Waals surface area (Å²) in [6.45, 7) is 4.95. The standard InChI is InChI=1S/C21H23N5O6S.Na/c1-10-9-25(24-15(10)27)20(32)23-12(11-7-5-4-6-8-11)16(28)22-13-17(29)26-14(19(30)31)21(2,3)33-18(13)26;/h4-9,12-14,18H,1-3H3,(H,22,28)(H,23,32)(H,24,27)(H,30,31);/q;+1/p-1/t12?,13-,14+,18-;/m1./s1. The van der Waals surface area contributed by atoms with Crippen molar-refractivity contribution in [2.45, 2.75) is 49.0 Å². The fourth-order valence-corrected chi connectivity index (χ4v) is 5.71. The molecule has 2 fully saturated rings. The van der Waals surface area contributed by atoms with E-state index in [0.717, 1.165) is 4.68 Å². The summed E-state index contributed by atoms with van der Waals surface area (Å²) in [7, 11) is 0. The van der Waals surface area contributed by atoms with Crippen LogP contribution in [-0.2, 0) is 14.4 Å². The second-order valence-corrected chi connectivity index (χ2v) is 10.3. The first-order chi connectivity index (χ1) is 15.5. The van der Waals surface area contributed by atoms with E-state index in [1.807, 2.05) is 0 Å². The van der Waals surface area contributed by atoms with E-state index in [1.165, 1.54) is 22.9 Å². The first kappa shape index (κ1) is 26.1. The molecular formula is C21H22N5NaO6S. The third-order valence-electron chi connectivity index (χ3n) is 5.75. The van der Waals surface area contributed by atoms with Gasteiger partial charge in [-0.05, 0) is 26.3 Å². The van der Waals surface area contributed by atoms with Crippen molar-refractivity contribution in [3.63, 3.8) is 0 Å². The number of H-pyrrole nitrogens is 1. The van der Waals surface area contributed by atoms with Crippen molar-refractivity contribution in [1.82, 2.24) is 25.3 Å². The maximum absolute atomic E-state index is 13.2. The second kappa shape index (κ2) is 9.61. The Kier molecular flexibility index (Phi) is 7.37. The number of aryl methyl sites for hydroxylation is 1. The summed E-state index contributed by atoms with van der Waals surface area (Å²) in [6.07, 6.45) is 1.31. The van der Waals surface area contributed by atoms with Crippen LogP contribution in [0.3, 0.4) is 0 Å². The average Bonchev–Trinajstić information content (AvgIpc) is 3.24. The molecule has 34 heavy (non-hydrogen) atoms. The number of carboxylic acids is 1. The van der Waals surface area contributed by atoms with Gasteiger partial charge in [0.1, 0.15) is 17.5 Å². The van der Waals surface area contributed by atoms with Gasteiger partial charge >= 0.3 is 35.6 Å². The Balaban J connectivity index is 0.00000324. The molecule has 0 spiro atoms. The molecule has 2 saturated heterocycles. The zero-order chi connectivity index (χ0) is 24.1. The minimum atomic E-state index is -1.35. The van der Waals surface area contributed by atoms with Gasteiger partial charge in [-0.25, -0.2) is 9.48 Å². The smallest absolute Gasteiger partial charge is 0.548 e. The predicted molar refractivity (Wildman–Crippen MR) is 116 cm³/mol. The van der Waals surface area contributed by atoms with Gasteiger partial charge in [-0.15, -0.1) is 11.8 Å². The Labute approximate surface area is 220 Å². The molecule has 3 N–H and O–H groups in total. The van der Waals surface area contributed by atoms with Crippen molar-refractivity contribution in [1.29, 1.82) is 0 Å². The number of rotatable bonds is 5. The number of benzene rings is 1.